The van der Waals surface area contributed by atoms with Crippen molar-refractivity contribution in [2.45, 2.75) is 134 Å². The van der Waals surface area contributed by atoms with E-state index in [0.717, 1.165) is 18.4 Å². The van der Waals surface area contributed by atoms with Gasteiger partial charge in [0.2, 0.25) is 0 Å². The molecule has 0 aliphatic carbocycles. The first-order valence-corrected chi connectivity index (χ1v) is 13.7. The summed E-state index contributed by atoms with van der Waals surface area (Å²) in [5.74, 6) is 0. The number of rotatable bonds is 16. The van der Waals surface area contributed by atoms with E-state index in [0.29, 0.717) is 0 Å². The third-order valence-electron chi connectivity index (χ3n) is 5.98. The predicted octanol–water partition coefficient (Wildman–Crippen LogP) is 8.25. The first kappa shape index (κ1) is 27.2. The van der Waals surface area contributed by atoms with Crippen LogP contribution in [0.1, 0.15) is 129 Å². The van der Waals surface area contributed by atoms with Gasteiger partial charge in [-0.05, 0) is 41.5 Å². The molecular weight excluding hydrogens is 392 g/mol. The number of hydrogen-bond acceptors (Lipinski definition) is 2. The van der Waals surface area contributed by atoms with Crippen LogP contribution >= 0.6 is 0 Å². The Morgan fingerprint density at radius 1 is 0.733 bits per heavy atom. The van der Waals surface area contributed by atoms with E-state index in [-0.39, 0.29) is 10.3 Å². The number of aryl methyl sites for hydroxylation is 1. The quantitative estimate of drug-likeness (QED) is 0.209. The molecule has 3 nitrogen and oxygen atoms in total. The van der Waals surface area contributed by atoms with Crippen molar-refractivity contribution in [1.29, 1.82) is 0 Å². The topological polar surface area (TPSA) is 54.4 Å². The Morgan fingerprint density at radius 2 is 1.17 bits per heavy atom. The maximum atomic E-state index is 11.5. The Bertz CT molecular complexity index is 687. The SMILES string of the molecule is CCCCCCCCCCCCCCCCc1cc(S(=O)(=O)O)ccc1C(C)(C)C. The third kappa shape index (κ3) is 11.5. The second-order valence-electron chi connectivity index (χ2n) is 9.89. The van der Waals surface area contributed by atoms with Gasteiger partial charge >= 0.3 is 0 Å². The van der Waals surface area contributed by atoms with Crippen molar-refractivity contribution in [1.82, 2.24) is 0 Å². The Labute approximate surface area is 186 Å². The lowest BCUT2D eigenvalue weighted by atomic mass is 9.82. The molecule has 0 aromatic heterocycles. The van der Waals surface area contributed by atoms with Crippen molar-refractivity contribution >= 4 is 10.1 Å². The van der Waals surface area contributed by atoms with E-state index in [2.05, 4.69) is 27.7 Å². The summed E-state index contributed by atoms with van der Waals surface area (Å²) in [6.45, 7) is 8.70. The molecule has 4 heteroatoms. The minimum Gasteiger partial charge on any atom is -0.282 e. The highest BCUT2D eigenvalue weighted by Crippen LogP contribution is 2.29. The summed E-state index contributed by atoms with van der Waals surface area (Å²) in [4.78, 5) is 0.0101. The van der Waals surface area contributed by atoms with Gasteiger partial charge in [-0.1, -0.05) is 117 Å². The largest absolute Gasteiger partial charge is 0.294 e. The fourth-order valence-corrected chi connectivity index (χ4v) is 4.71. The van der Waals surface area contributed by atoms with E-state index in [9.17, 15) is 13.0 Å². The van der Waals surface area contributed by atoms with Crippen LogP contribution in [0.2, 0.25) is 0 Å². The molecule has 30 heavy (non-hydrogen) atoms. The van der Waals surface area contributed by atoms with Gasteiger partial charge in [0.15, 0.2) is 0 Å². The second kappa shape index (κ2) is 14.2. The predicted molar refractivity (Wildman–Crippen MR) is 129 cm³/mol. The molecule has 0 atom stereocenters. The molecule has 0 bridgehead atoms. The van der Waals surface area contributed by atoms with E-state index < -0.39 is 10.1 Å². The van der Waals surface area contributed by atoms with Gasteiger partial charge in [0, 0.05) is 0 Å². The van der Waals surface area contributed by atoms with Crippen molar-refractivity contribution in [3.8, 4) is 0 Å². The summed E-state index contributed by atoms with van der Waals surface area (Å²) in [5, 5.41) is 0. The number of unbranched alkanes of at least 4 members (excludes halogenated alkanes) is 13. The second-order valence-corrected chi connectivity index (χ2v) is 11.3. The fourth-order valence-electron chi connectivity index (χ4n) is 4.18. The number of hydrogen-bond donors (Lipinski definition) is 1. The van der Waals surface area contributed by atoms with E-state index in [1.807, 2.05) is 6.07 Å². The summed E-state index contributed by atoms with van der Waals surface area (Å²) in [6, 6.07) is 5.05. The molecule has 0 fully saturated rings. The van der Waals surface area contributed by atoms with Crippen LogP contribution in [0.5, 0.6) is 0 Å². The van der Waals surface area contributed by atoms with E-state index in [4.69, 9.17) is 0 Å². The van der Waals surface area contributed by atoms with Crippen LogP contribution in [-0.2, 0) is 22.0 Å². The van der Waals surface area contributed by atoms with Crippen LogP contribution in [0.4, 0.5) is 0 Å². The molecule has 174 valence electrons. The van der Waals surface area contributed by atoms with Gasteiger partial charge in [0.1, 0.15) is 0 Å². The van der Waals surface area contributed by atoms with Crippen molar-refractivity contribution in [3.63, 3.8) is 0 Å². The molecule has 0 amide bonds. The smallest absolute Gasteiger partial charge is 0.282 e. The van der Waals surface area contributed by atoms with Crippen molar-refractivity contribution in [3.05, 3.63) is 29.3 Å². The molecule has 0 saturated carbocycles. The lowest BCUT2D eigenvalue weighted by Crippen LogP contribution is -2.15. The van der Waals surface area contributed by atoms with Crippen molar-refractivity contribution < 1.29 is 13.0 Å². The Balaban J connectivity index is 2.23. The molecule has 0 radical (unpaired) electrons. The van der Waals surface area contributed by atoms with Gasteiger partial charge in [0.05, 0.1) is 4.90 Å². The normalized spacial score (nSPS) is 12.4. The van der Waals surface area contributed by atoms with Crippen LogP contribution < -0.4 is 0 Å². The highest BCUT2D eigenvalue weighted by molar-refractivity contribution is 7.85. The van der Waals surface area contributed by atoms with Gasteiger partial charge in [-0.25, -0.2) is 0 Å². The van der Waals surface area contributed by atoms with Crippen molar-refractivity contribution in [2.24, 2.45) is 0 Å². The van der Waals surface area contributed by atoms with Crippen LogP contribution in [0.15, 0.2) is 23.1 Å². The molecule has 0 saturated heterocycles. The molecule has 0 aliphatic heterocycles. The first-order valence-electron chi connectivity index (χ1n) is 12.3. The molecule has 0 heterocycles. The van der Waals surface area contributed by atoms with Gasteiger partial charge < -0.3 is 0 Å². The lowest BCUT2D eigenvalue weighted by molar-refractivity contribution is 0.482. The van der Waals surface area contributed by atoms with Crippen LogP contribution in [0.3, 0.4) is 0 Å². The summed E-state index contributed by atoms with van der Waals surface area (Å²) in [7, 11) is -4.15. The molecule has 0 spiro atoms. The van der Waals surface area contributed by atoms with Crippen LogP contribution in [-0.4, -0.2) is 13.0 Å². The molecular formula is C26H46O3S. The lowest BCUT2D eigenvalue weighted by Gasteiger charge is -2.23. The highest BCUT2D eigenvalue weighted by Gasteiger charge is 2.20. The minimum absolute atomic E-state index is 0.0101. The molecule has 1 aromatic carbocycles. The third-order valence-corrected chi connectivity index (χ3v) is 6.83. The van der Waals surface area contributed by atoms with Gasteiger partial charge in [0.25, 0.3) is 10.1 Å². The molecule has 1 N–H and O–H groups in total. The van der Waals surface area contributed by atoms with Gasteiger partial charge in [-0.3, -0.25) is 4.55 Å². The molecule has 1 aromatic rings. The zero-order chi connectivity index (χ0) is 22.5. The Morgan fingerprint density at radius 3 is 1.57 bits per heavy atom. The van der Waals surface area contributed by atoms with Gasteiger partial charge in [-0.15, -0.1) is 0 Å². The summed E-state index contributed by atoms with van der Waals surface area (Å²) in [5.41, 5.74) is 2.18. The fraction of sp³-hybridized carbons (Fsp3) is 0.769. The summed E-state index contributed by atoms with van der Waals surface area (Å²) < 4.78 is 32.4. The zero-order valence-electron chi connectivity index (χ0n) is 20.0. The standard InChI is InChI=1S/C26H46O3S/c1-5-6-7-8-9-10-11-12-13-14-15-16-17-18-19-23-22-24(30(27,28)29)20-21-25(23)26(2,3)4/h20-22H,5-19H2,1-4H3,(H,27,28,29). The molecule has 0 unspecified atom stereocenters. The monoisotopic (exact) mass is 438 g/mol. The molecule has 1 rings (SSSR count). The van der Waals surface area contributed by atoms with Crippen LogP contribution in [0, 0.1) is 0 Å². The van der Waals surface area contributed by atoms with E-state index in [1.54, 1.807) is 6.07 Å². The number of benzene rings is 1. The summed E-state index contributed by atoms with van der Waals surface area (Å²) >= 11 is 0. The average Bonchev–Trinajstić information content (AvgIpc) is 2.66. The minimum atomic E-state index is -4.15. The van der Waals surface area contributed by atoms with E-state index in [1.165, 1.54) is 95.1 Å². The molecule has 0 aliphatic rings. The summed E-state index contributed by atoms with van der Waals surface area (Å²) in [6.07, 6.45) is 19.5. The Hall–Kier alpha value is -0.870. The average molecular weight is 439 g/mol. The van der Waals surface area contributed by atoms with E-state index >= 15 is 0 Å². The zero-order valence-corrected chi connectivity index (χ0v) is 20.8. The first-order chi connectivity index (χ1) is 14.2. The highest BCUT2D eigenvalue weighted by atomic mass is 32.2. The Kier molecular flexibility index (Phi) is 12.9. The van der Waals surface area contributed by atoms with Crippen molar-refractivity contribution in [2.75, 3.05) is 0 Å². The van der Waals surface area contributed by atoms with Crippen LogP contribution in [0.25, 0.3) is 0 Å². The van der Waals surface area contributed by atoms with Gasteiger partial charge in [-0.2, -0.15) is 8.42 Å². The maximum absolute atomic E-state index is 11.5. The maximum Gasteiger partial charge on any atom is 0.294 e.